The van der Waals surface area contributed by atoms with Crippen LogP contribution in [0.1, 0.15) is 25.6 Å². The summed E-state index contributed by atoms with van der Waals surface area (Å²) in [5.74, 6) is -2.61. The average molecular weight is 411 g/mol. The first-order chi connectivity index (χ1) is 13.9. The quantitative estimate of drug-likeness (QED) is 0.539. The number of nitrogens with one attached hydrogen (secondary N) is 1. The molecule has 8 heteroatoms. The first kappa shape index (κ1) is 20.1. The molecule has 0 saturated heterocycles. The largest absolute Gasteiger partial charge is 0.480 e. The molecule has 0 bridgehead atoms. The lowest BCUT2D eigenvalue weighted by Gasteiger charge is -2.08. The fourth-order valence-corrected chi connectivity index (χ4v) is 3.84. The molecule has 0 aliphatic heterocycles. The third-order valence-corrected chi connectivity index (χ3v) is 5.35. The maximum atomic E-state index is 12.4. The molecule has 0 unspecified atom stereocenters. The number of amides is 1. The van der Waals surface area contributed by atoms with Crippen molar-refractivity contribution in [1.82, 2.24) is 0 Å². The predicted molar refractivity (Wildman–Crippen MR) is 109 cm³/mol. The fraction of sp³-hybridized carbons (Fsp3) is 0.0952. The van der Waals surface area contributed by atoms with Crippen molar-refractivity contribution >= 4 is 34.9 Å². The number of ether oxygens (including phenoxy) is 1. The summed E-state index contributed by atoms with van der Waals surface area (Å²) in [5.41, 5.74) is 2.28. The Morgan fingerprint density at radius 2 is 1.76 bits per heavy atom. The Bertz CT molecular complexity index is 1070. The maximum absolute atomic E-state index is 12.4. The summed E-state index contributed by atoms with van der Waals surface area (Å²) in [6.07, 6.45) is 0. The van der Waals surface area contributed by atoms with E-state index in [0.29, 0.717) is 27.3 Å². The van der Waals surface area contributed by atoms with Crippen LogP contribution in [-0.4, -0.2) is 34.7 Å². The molecule has 2 aromatic carbocycles. The Kier molecular flexibility index (Phi) is 5.94. The first-order valence-corrected chi connectivity index (χ1v) is 9.36. The molecule has 148 valence electrons. The van der Waals surface area contributed by atoms with Gasteiger partial charge in [-0.3, -0.25) is 4.79 Å². The third-order valence-electron chi connectivity index (χ3n) is 4.04. The van der Waals surface area contributed by atoms with Crippen LogP contribution in [-0.2, 0) is 4.79 Å². The van der Waals surface area contributed by atoms with Crippen molar-refractivity contribution in [2.45, 2.75) is 6.92 Å². The highest BCUT2D eigenvalue weighted by Gasteiger charge is 2.23. The van der Waals surface area contributed by atoms with E-state index >= 15 is 0 Å². The lowest BCUT2D eigenvalue weighted by atomic mass is 10.1. The summed E-state index contributed by atoms with van der Waals surface area (Å²) in [6, 6.07) is 15.7. The third kappa shape index (κ3) is 4.61. The van der Waals surface area contributed by atoms with Crippen molar-refractivity contribution in [3.63, 3.8) is 0 Å². The van der Waals surface area contributed by atoms with Crippen LogP contribution in [0.5, 0.6) is 5.75 Å². The lowest BCUT2D eigenvalue weighted by molar-refractivity contribution is -0.139. The number of aliphatic carboxylic acids is 1. The fourth-order valence-electron chi connectivity index (χ4n) is 2.75. The normalized spacial score (nSPS) is 10.4. The molecule has 0 radical (unpaired) electrons. The molecule has 1 heterocycles. The second-order valence-electron chi connectivity index (χ2n) is 6.10. The number of carbonyl (C=O) groups is 3. The Morgan fingerprint density at radius 3 is 2.41 bits per heavy atom. The molecule has 29 heavy (non-hydrogen) atoms. The minimum Gasteiger partial charge on any atom is -0.480 e. The lowest BCUT2D eigenvalue weighted by Crippen LogP contribution is -2.11. The van der Waals surface area contributed by atoms with Crippen LogP contribution in [0.2, 0.25) is 0 Å². The van der Waals surface area contributed by atoms with E-state index in [1.165, 1.54) is 0 Å². The van der Waals surface area contributed by atoms with Crippen LogP contribution in [0, 0.1) is 6.92 Å². The van der Waals surface area contributed by atoms with Crippen LogP contribution in [0.25, 0.3) is 10.4 Å². The smallest absolute Gasteiger partial charge is 0.349 e. The number of carbonyl (C=O) groups excluding carboxylic acids is 1. The summed E-state index contributed by atoms with van der Waals surface area (Å²) in [6.45, 7) is 1.04. The summed E-state index contributed by atoms with van der Waals surface area (Å²) < 4.78 is 5.21. The number of rotatable bonds is 7. The predicted octanol–water partition coefficient (Wildman–Crippen LogP) is 4.14. The molecular formula is C21H17NO6S. The standard InChI is InChI=1S/C21H17NO6S/c1-12-17(28-11-16(23)24)19(21(26)27)29-18(12)14-8-5-9-15(10-14)22-20(25)13-6-3-2-4-7-13/h2-10H,11H2,1H3,(H,22,25)(H,23,24)(H,26,27). The van der Waals surface area contributed by atoms with E-state index in [4.69, 9.17) is 9.84 Å². The van der Waals surface area contributed by atoms with Crippen molar-refractivity contribution in [2.24, 2.45) is 0 Å². The van der Waals surface area contributed by atoms with Gasteiger partial charge in [-0.1, -0.05) is 30.3 Å². The zero-order chi connectivity index (χ0) is 21.0. The number of benzene rings is 2. The number of aromatic carboxylic acids is 1. The zero-order valence-electron chi connectivity index (χ0n) is 15.3. The van der Waals surface area contributed by atoms with Crippen LogP contribution in [0.15, 0.2) is 54.6 Å². The van der Waals surface area contributed by atoms with E-state index in [-0.39, 0.29) is 16.5 Å². The molecule has 0 aliphatic carbocycles. The number of carboxylic acids is 2. The number of hydrogen-bond donors (Lipinski definition) is 3. The number of carboxylic acid groups (broad SMARTS) is 2. The van der Waals surface area contributed by atoms with Crippen LogP contribution >= 0.6 is 11.3 Å². The number of hydrogen-bond acceptors (Lipinski definition) is 5. The topological polar surface area (TPSA) is 113 Å². The molecule has 0 aliphatic rings. The molecule has 0 atom stereocenters. The SMILES string of the molecule is Cc1c(-c2cccc(NC(=O)c3ccccc3)c2)sc(C(=O)O)c1OCC(=O)O. The molecule has 1 aromatic heterocycles. The number of thiophene rings is 1. The Balaban J connectivity index is 1.92. The molecular weight excluding hydrogens is 394 g/mol. The molecule has 1 amide bonds. The van der Waals surface area contributed by atoms with Crippen molar-refractivity contribution in [3.8, 4) is 16.2 Å². The van der Waals surface area contributed by atoms with Gasteiger partial charge in [-0.05, 0) is 36.8 Å². The molecule has 7 nitrogen and oxygen atoms in total. The monoisotopic (exact) mass is 411 g/mol. The van der Waals surface area contributed by atoms with Crippen LogP contribution in [0.4, 0.5) is 5.69 Å². The minimum absolute atomic E-state index is 0.0404. The van der Waals surface area contributed by atoms with Gasteiger partial charge in [0.25, 0.3) is 5.91 Å². The summed E-state index contributed by atoms with van der Waals surface area (Å²) in [5, 5.41) is 21.1. The molecule has 3 aromatic rings. The van der Waals surface area contributed by atoms with E-state index in [1.807, 2.05) is 6.07 Å². The van der Waals surface area contributed by atoms with Gasteiger partial charge >= 0.3 is 11.9 Å². The van der Waals surface area contributed by atoms with Crippen molar-refractivity contribution in [1.29, 1.82) is 0 Å². The van der Waals surface area contributed by atoms with Crippen LogP contribution < -0.4 is 10.1 Å². The van der Waals surface area contributed by atoms with Crippen molar-refractivity contribution < 1.29 is 29.3 Å². The highest BCUT2D eigenvalue weighted by atomic mass is 32.1. The van der Waals surface area contributed by atoms with E-state index in [0.717, 1.165) is 11.3 Å². The van der Waals surface area contributed by atoms with Gasteiger partial charge in [0.1, 0.15) is 5.75 Å². The van der Waals surface area contributed by atoms with Crippen molar-refractivity contribution in [3.05, 3.63) is 70.6 Å². The second-order valence-corrected chi connectivity index (χ2v) is 7.12. The number of anilines is 1. The molecule has 0 saturated carbocycles. The van der Waals surface area contributed by atoms with Gasteiger partial charge in [-0.15, -0.1) is 11.3 Å². The van der Waals surface area contributed by atoms with Crippen molar-refractivity contribution in [2.75, 3.05) is 11.9 Å². The maximum Gasteiger partial charge on any atom is 0.349 e. The summed E-state index contributed by atoms with van der Waals surface area (Å²) >= 11 is 0.993. The second kappa shape index (κ2) is 8.57. The van der Waals surface area contributed by atoms with Gasteiger partial charge in [-0.2, -0.15) is 0 Å². The first-order valence-electron chi connectivity index (χ1n) is 8.55. The highest BCUT2D eigenvalue weighted by molar-refractivity contribution is 7.18. The Morgan fingerprint density at radius 1 is 1.03 bits per heavy atom. The Hall–Kier alpha value is -3.65. The highest BCUT2D eigenvalue weighted by Crippen LogP contribution is 2.42. The zero-order valence-corrected chi connectivity index (χ0v) is 16.2. The van der Waals surface area contributed by atoms with E-state index in [1.54, 1.807) is 55.5 Å². The molecule has 0 fully saturated rings. The minimum atomic E-state index is -1.20. The van der Waals surface area contributed by atoms with Gasteiger partial charge in [0.05, 0.1) is 0 Å². The summed E-state index contributed by atoms with van der Waals surface area (Å²) in [7, 11) is 0. The van der Waals surface area contributed by atoms with Gasteiger partial charge in [-0.25, -0.2) is 9.59 Å². The van der Waals surface area contributed by atoms with Gasteiger partial charge in [0.2, 0.25) is 0 Å². The van der Waals surface area contributed by atoms with Gasteiger partial charge in [0.15, 0.2) is 11.5 Å². The average Bonchev–Trinajstić information content (AvgIpc) is 3.04. The summed E-state index contributed by atoms with van der Waals surface area (Å²) in [4.78, 5) is 35.3. The molecule has 3 rings (SSSR count). The van der Waals surface area contributed by atoms with Gasteiger partial charge in [0, 0.05) is 21.7 Å². The molecule has 0 spiro atoms. The molecule has 3 N–H and O–H groups in total. The van der Waals surface area contributed by atoms with E-state index < -0.39 is 18.5 Å². The van der Waals surface area contributed by atoms with E-state index in [2.05, 4.69) is 5.32 Å². The Labute approximate surface area is 170 Å². The van der Waals surface area contributed by atoms with Gasteiger partial charge < -0.3 is 20.3 Å². The van der Waals surface area contributed by atoms with Crippen LogP contribution in [0.3, 0.4) is 0 Å². The van der Waals surface area contributed by atoms with E-state index in [9.17, 15) is 19.5 Å².